The van der Waals surface area contributed by atoms with Crippen molar-refractivity contribution in [2.75, 3.05) is 0 Å². The highest BCUT2D eigenvalue weighted by atomic mass is 35.5. The van der Waals surface area contributed by atoms with Crippen molar-refractivity contribution in [3.8, 4) is 0 Å². The Kier molecular flexibility index (Phi) is 3.38. The van der Waals surface area contributed by atoms with Crippen LogP contribution in [-0.2, 0) is 6.42 Å². The van der Waals surface area contributed by atoms with Crippen molar-refractivity contribution < 1.29 is 4.42 Å². The fourth-order valence-corrected chi connectivity index (χ4v) is 3.02. The third-order valence-electron chi connectivity index (χ3n) is 3.82. The number of aryl methyl sites for hydroxylation is 2. The maximum Gasteiger partial charge on any atom is 0.120 e. The van der Waals surface area contributed by atoms with Crippen molar-refractivity contribution in [1.82, 2.24) is 5.32 Å². The molecule has 1 aliphatic rings. The van der Waals surface area contributed by atoms with E-state index in [4.69, 9.17) is 16.0 Å². The summed E-state index contributed by atoms with van der Waals surface area (Å²) < 4.78 is 5.68. The summed E-state index contributed by atoms with van der Waals surface area (Å²) in [4.78, 5) is 0. The molecule has 1 N–H and O–H groups in total. The van der Waals surface area contributed by atoms with Gasteiger partial charge in [-0.2, -0.15) is 0 Å². The first-order valence-electron chi connectivity index (χ1n) is 6.74. The highest BCUT2D eigenvalue weighted by molar-refractivity contribution is 6.30. The SMILES string of the molecule is Cc1ccc(C(C)NC2CCc3cc(Cl)ccc32)o1. The number of nitrogens with one attached hydrogen (secondary N) is 1. The van der Waals surface area contributed by atoms with Gasteiger partial charge in [0.1, 0.15) is 11.5 Å². The van der Waals surface area contributed by atoms with E-state index in [0.717, 1.165) is 29.4 Å². The first kappa shape index (κ1) is 12.8. The molecular weight excluding hydrogens is 258 g/mol. The van der Waals surface area contributed by atoms with Crippen LogP contribution in [0.2, 0.25) is 5.02 Å². The van der Waals surface area contributed by atoms with E-state index < -0.39 is 0 Å². The van der Waals surface area contributed by atoms with E-state index in [-0.39, 0.29) is 6.04 Å². The summed E-state index contributed by atoms with van der Waals surface area (Å²) >= 11 is 6.04. The Morgan fingerprint density at radius 2 is 2.16 bits per heavy atom. The van der Waals surface area contributed by atoms with Gasteiger partial charge in [-0.25, -0.2) is 0 Å². The molecular formula is C16H18ClNO. The van der Waals surface area contributed by atoms with Crippen molar-refractivity contribution in [3.05, 3.63) is 58.0 Å². The average Bonchev–Trinajstić information content (AvgIpc) is 2.96. The van der Waals surface area contributed by atoms with Gasteiger partial charge in [0.15, 0.2) is 0 Å². The largest absolute Gasteiger partial charge is 0.465 e. The minimum atomic E-state index is 0.223. The molecule has 0 aliphatic heterocycles. The molecule has 2 unspecified atom stereocenters. The standard InChI is InChI=1S/C16H18ClNO/c1-10-3-8-16(19-10)11(2)18-15-7-4-12-9-13(17)5-6-14(12)15/h3,5-6,8-9,11,15,18H,4,7H2,1-2H3. The second-order valence-corrected chi connectivity index (χ2v) is 5.71. The fraction of sp³-hybridized carbons (Fsp3) is 0.375. The Morgan fingerprint density at radius 1 is 1.32 bits per heavy atom. The van der Waals surface area contributed by atoms with Crippen LogP contribution in [0.25, 0.3) is 0 Å². The normalized spacial score (nSPS) is 19.4. The number of benzene rings is 1. The molecule has 0 saturated heterocycles. The monoisotopic (exact) mass is 275 g/mol. The molecule has 0 bridgehead atoms. The second-order valence-electron chi connectivity index (χ2n) is 5.27. The minimum Gasteiger partial charge on any atom is -0.465 e. The lowest BCUT2D eigenvalue weighted by Crippen LogP contribution is -2.22. The molecule has 3 rings (SSSR count). The van der Waals surface area contributed by atoms with Crippen LogP contribution < -0.4 is 5.32 Å². The van der Waals surface area contributed by atoms with Crippen molar-refractivity contribution in [2.45, 2.75) is 38.8 Å². The number of hydrogen-bond donors (Lipinski definition) is 1. The zero-order chi connectivity index (χ0) is 13.4. The van der Waals surface area contributed by atoms with Gasteiger partial charge in [-0.3, -0.25) is 0 Å². The molecule has 1 heterocycles. The van der Waals surface area contributed by atoms with E-state index in [0.29, 0.717) is 6.04 Å². The smallest absolute Gasteiger partial charge is 0.120 e. The van der Waals surface area contributed by atoms with Crippen LogP contribution in [-0.4, -0.2) is 0 Å². The summed E-state index contributed by atoms with van der Waals surface area (Å²) in [5, 5.41) is 4.48. The maximum absolute atomic E-state index is 6.04. The fourth-order valence-electron chi connectivity index (χ4n) is 2.83. The summed E-state index contributed by atoms with van der Waals surface area (Å²) in [7, 11) is 0. The van der Waals surface area contributed by atoms with Gasteiger partial charge in [-0.1, -0.05) is 17.7 Å². The van der Waals surface area contributed by atoms with E-state index in [1.165, 1.54) is 11.1 Å². The molecule has 2 atom stereocenters. The quantitative estimate of drug-likeness (QED) is 0.887. The van der Waals surface area contributed by atoms with Gasteiger partial charge in [0.05, 0.1) is 6.04 Å². The predicted octanol–water partition coefficient (Wildman–Crippen LogP) is 4.58. The van der Waals surface area contributed by atoms with Gasteiger partial charge in [0, 0.05) is 11.1 Å². The lowest BCUT2D eigenvalue weighted by molar-refractivity contribution is 0.382. The molecule has 1 aromatic heterocycles. The minimum absolute atomic E-state index is 0.223. The zero-order valence-electron chi connectivity index (χ0n) is 11.2. The Hall–Kier alpha value is -1.25. The van der Waals surface area contributed by atoms with Crippen molar-refractivity contribution >= 4 is 11.6 Å². The van der Waals surface area contributed by atoms with E-state index >= 15 is 0 Å². The van der Waals surface area contributed by atoms with Crippen molar-refractivity contribution in [2.24, 2.45) is 0 Å². The summed E-state index contributed by atoms with van der Waals surface area (Å²) in [5.41, 5.74) is 2.74. The van der Waals surface area contributed by atoms with Crippen molar-refractivity contribution in [3.63, 3.8) is 0 Å². The van der Waals surface area contributed by atoms with Gasteiger partial charge in [0.2, 0.25) is 0 Å². The molecule has 0 radical (unpaired) electrons. The van der Waals surface area contributed by atoms with Crippen LogP contribution in [0.15, 0.2) is 34.7 Å². The lowest BCUT2D eigenvalue weighted by Gasteiger charge is -2.19. The Balaban J connectivity index is 1.76. The molecule has 100 valence electrons. The van der Waals surface area contributed by atoms with Crippen LogP contribution in [0.5, 0.6) is 0 Å². The summed E-state index contributed by atoms with van der Waals surface area (Å²) in [6, 6.07) is 10.9. The number of furan rings is 1. The first-order chi connectivity index (χ1) is 9.13. The molecule has 19 heavy (non-hydrogen) atoms. The number of rotatable bonds is 3. The van der Waals surface area contributed by atoms with Crippen molar-refractivity contribution in [1.29, 1.82) is 0 Å². The summed E-state index contributed by atoms with van der Waals surface area (Å²) in [5.74, 6) is 1.96. The second kappa shape index (κ2) is 5.03. The van der Waals surface area contributed by atoms with Crippen LogP contribution in [0.1, 0.15) is 48.1 Å². The zero-order valence-corrected chi connectivity index (χ0v) is 12.0. The van der Waals surface area contributed by atoms with Gasteiger partial charge in [0.25, 0.3) is 0 Å². The number of hydrogen-bond acceptors (Lipinski definition) is 2. The Labute approximate surface area is 118 Å². The molecule has 0 fully saturated rings. The molecule has 0 spiro atoms. The molecule has 2 nitrogen and oxygen atoms in total. The summed E-state index contributed by atoms with van der Waals surface area (Å²) in [6.45, 7) is 4.12. The molecule has 2 aromatic rings. The Bertz CT molecular complexity index is 590. The van der Waals surface area contributed by atoms with Gasteiger partial charge in [-0.15, -0.1) is 0 Å². The third-order valence-corrected chi connectivity index (χ3v) is 4.06. The lowest BCUT2D eigenvalue weighted by atomic mass is 10.1. The molecule has 1 aliphatic carbocycles. The van der Waals surface area contributed by atoms with Gasteiger partial charge in [-0.05, 0) is 62.1 Å². The average molecular weight is 276 g/mol. The van der Waals surface area contributed by atoms with Crippen LogP contribution in [0.4, 0.5) is 0 Å². The van der Waals surface area contributed by atoms with Crippen LogP contribution >= 0.6 is 11.6 Å². The van der Waals surface area contributed by atoms with Gasteiger partial charge < -0.3 is 9.73 Å². The van der Waals surface area contributed by atoms with E-state index in [1.54, 1.807) is 0 Å². The molecule has 0 amide bonds. The third kappa shape index (κ3) is 2.56. The van der Waals surface area contributed by atoms with E-state index in [2.05, 4.69) is 24.4 Å². The predicted molar refractivity (Wildman–Crippen MR) is 77.5 cm³/mol. The maximum atomic E-state index is 6.04. The van der Waals surface area contributed by atoms with E-state index in [1.807, 2.05) is 25.1 Å². The molecule has 1 aromatic carbocycles. The number of fused-ring (bicyclic) bond motifs is 1. The van der Waals surface area contributed by atoms with Crippen LogP contribution in [0.3, 0.4) is 0 Å². The first-order valence-corrected chi connectivity index (χ1v) is 7.12. The van der Waals surface area contributed by atoms with Crippen LogP contribution in [0, 0.1) is 6.92 Å². The highest BCUT2D eigenvalue weighted by Gasteiger charge is 2.24. The summed E-state index contributed by atoms with van der Waals surface area (Å²) in [6.07, 6.45) is 2.22. The topological polar surface area (TPSA) is 25.2 Å². The Morgan fingerprint density at radius 3 is 2.89 bits per heavy atom. The van der Waals surface area contributed by atoms with Gasteiger partial charge >= 0.3 is 0 Å². The highest BCUT2D eigenvalue weighted by Crippen LogP contribution is 2.34. The molecule has 0 saturated carbocycles. The van der Waals surface area contributed by atoms with E-state index in [9.17, 15) is 0 Å². The number of halogens is 1. The molecule has 3 heteroatoms.